The average Bonchev–Trinajstić information content (AvgIpc) is 1.90. The van der Waals surface area contributed by atoms with E-state index in [0.29, 0.717) is 12.1 Å². The molecule has 0 radical (unpaired) electrons. The van der Waals surface area contributed by atoms with Crippen LogP contribution in [0.15, 0.2) is 0 Å². The van der Waals surface area contributed by atoms with Crippen LogP contribution in [0.1, 0.15) is 40.5 Å². The molecule has 0 saturated carbocycles. The van der Waals surface area contributed by atoms with Crippen LogP contribution in [0.4, 0.5) is 0 Å². The van der Waals surface area contributed by atoms with Gasteiger partial charge in [-0.15, -0.1) is 0 Å². The van der Waals surface area contributed by atoms with Gasteiger partial charge in [-0.3, -0.25) is 0 Å². The molecule has 0 atom stereocenters. The van der Waals surface area contributed by atoms with Gasteiger partial charge >= 0.3 is 0 Å². The van der Waals surface area contributed by atoms with Gasteiger partial charge < -0.3 is 15.4 Å². The van der Waals surface area contributed by atoms with Crippen LogP contribution in [0.5, 0.6) is 0 Å². The summed E-state index contributed by atoms with van der Waals surface area (Å²) in [5, 5.41) is 7.40. The molecule has 0 unspecified atom stereocenters. The number of rotatable bonds is 2. The zero-order valence-corrected chi connectivity index (χ0v) is 10.4. The van der Waals surface area contributed by atoms with Crippen LogP contribution in [-0.2, 0) is 4.74 Å². The summed E-state index contributed by atoms with van der Waals surface area (Å²) >= 11 is 0. The van der Waals surface area contributed by atoms with E-state index in [1.165, 1.54) is 12.8 Å². The van der Waals surface area contributed by atoms with Gasteiger partial charge in [-0.05, 0) is 40.5 Å². The molecule has 0 bridgehead atoms. The average molecular weight is 212 g/mol. The first-order valence-corrected chi connectivity index (χ1v) is 5.99. The van der Waals surface area contributed by atoms with Gasteiger partial charge in [0.2, 0.25) is 0 Å². The molecule has 2 aliphatic heterocycles. The standard InChI is InChI=1S/C12H24N2O/c1-11(2)5-9(6-12(3,4)14-11)13-10-7-15-8-10/h9-10,13-14H,5-8H2,1-4H3. The van der Waals surface area contributed by atoms with E-state index >= 15 is 0 Å². The maximum Gasteiger partial charge on any atom is 0.0643 e. The van der Waals surface area contributed by atoms with Crippen LogP contribution in [0.3, 0.4) is 0 Å². The first-order chi connectivity index (χ1) is 6.86. The molecule has 0 spiro atoms. The monoisotopic (exact) mass is 212 g/mol. The van der Waals surface area contributed by atoms with Crippen LogP contribution in [0.25, 0.3) is 0 Å². The summed E-state index contributed by atoms with van der Waals surface area (Å²) in [5.74, 6) is 0. The normalized spacial score (nSPS) is 31.2. The minimum atomic E-state index is 0.240. The predicted molar refractivity (Wildman–Crippen MR) is 62.1 cm³/mol. The molecular weight excluding hydrogens is 188 g/mol. The Labute approximate surface area is 93.0 Å². The third kappa shape index (κ3) is 2.92. The third-order valence-electron chi connectivity index (χ3n) is 3.30. The van der Waals surface area contributed by atoms with Gasteiger partial charge in [-0.2, -0.15) is 0 Å². The van der Waals surface area contributed by atoms with Crippen LogP contribution in [0.2, 0.25) is 0 Å². The highest BCUT2D eigenvalue weighted by Crippen LogP contribution is 2.29. The lowest BCUT2D eigenvalue weighted by molar-refractivity contribution is -0.0172. The molecule has 2 aliphatic rings. The molecule has 2 rings (SSSR count). The highest BCUT2D eigenvalue weighted by molar-refractivity contribution is 5.00. The van der Waals surface area contributed by atoms with Crippen molar-refractivity contribution < 1.29 is 4.74 Å². The zero-order chi connectivity index (χ0) is 11.1. The molecule has 0 aromatic carbocycles. The van der Waals surface area contributed by atoms with Crippen molar-refractivity contribution in [2.75, 3.05) is 13.2 Å². The summed E-state index contributed by atoms with van der Waals surface area (Å²) in [4.78, 5) is 0. The van der Waals surface area contributed by atoms with Crippen molar-refractivity contribution in [2.24, 2.45) is 0 Å². The van der Waals surface area contributed by atoms with Gasteiger partial charge in [0.15, 0.2) is 0 Å². The van der Waals surface area contributed by atoms with Crippen LogP contribution < -0.4 is 10.6 Å². The number of hydrogen-bond donors (Lipinski definition) is 2. The molecule has 2 heterocycles. The first kappa shape index (κ1) is 11.4. The molecular formula is C12H24N2O. The molecule has 2 N–H and O–H groups in total. The SMILES string of the molecule is CC1(C)CC(NC2COC2)CC(C)(C)N1. The van der Waals surface area contributed by atoms with Gasteiger partial charge in [-0.1, -0.05) is 0 Å². The molecule has 3 heteroatoms. The summed E-state index contributed by atoms with van der Waals surface area (Å²) in [6.07, 6.45) is 2.40. The van der Waals surface area contributed by atoms with Gasteiger partial charge in [0.25, 0.3) is 0 Å². The fraction of sp³-hybridized carbons (Fsp3) is 1.00. The number of nitrogens with one attached hydrogen (secondary N) is 2. The maximum absolute atomic E-state index is 5.20. The van der Waals surface area contributed by atoms with Crippen molar-refractivity contribution in [1.29, 1.82) is 0 Å². The van der Waals surface area contributed by atoms with Gasteiger partial charge in [-0.25, -0.2) is 0 Å². The number of ether oxygens (including phenoxy) is 1. The molecule has 15 heavy (non-hydrogen) atoms. The molecule has 2 saturated heterocycles. The Morgan fingerprint density at radius 2 is 1.53 bits per heavy atom. The molecule has 0 amide bonds. The summed E-state index contributed by atoms with van der Waals surface area (Å²) in [6, 6.07) is 1.23. The summed E-state index contributed by atoms with van der Waals surface area (Å²) < 4.78 is 5.20. The lowest BCUT2D eigenvalue weighted by Crippen LogP contribution is -2.64. The van der Waals surface area contributed by atoms with Gasteiger partial charge in [0, 0.05) is 17.1 Å². The largest absolute Gasteiger partial charge is 0.378 e. The van der Waals surface area contributed by atoms with E-state index in [2.05, 4.69) is 38.3 Å². The molecule has 0 aromatic rings. The minimum absolute atomic E-state index is 0.240. The molecule has 88 valence electrons. The van der Waals surface area contributed by atoms with Crippen LogP contribution in [-0.4, -0.2) is 36.4 Å². The van der Waals surface area contributed by atoms with Crippen molar-refractivity contribution in [3.8, 4) is 0 Å². The Kier molecular flexibility index (Phi) is 2.82. The second-order valence-electron chi connectivity index (χ2n) is 6.40. The van der Waals surface area contributed by atoms with Gasteiger partial charge in [0.05, 0.1) is 19.3 Å². The fourth-order valence-corrected chi connectivity index (χ4v) is 3.11. The third-order valence-corrected chi connectivity index (χ3v) is 3.30. The second kappa shape index (κ2) is 3.72. The Morgan fingerprint density at radius 1 is 1.00 bits per heavy atom. The fourth-order valence-electron chi connectivity index (χ4n) is 3.11. The number of hydrogen-bond acceptors (Lipinski definition) is 3. The quantitative estimate of drug-likeness (QED) is 0.723. The Balaban J connectivity index is 1.93. The Morgan fingerprint density at radius 3 is 1.93 bits per heavy atom. The van der Waals surface area contributed by atoms with E-state index in [1.807, 2.05) is 0 Å². The predicted octanol–water partition coefficient (Wildman–Crippen LogP) is 1.28. The topological polar surface area (TPSA) is 33.3 Å². The lowest BCUT2D eigenvalue weighted by Gasteiger charge is -2.48. The van der Waals surface area contributed by atoms with E-state index in [-0.39, 0.29) is 11.1 Å². The van der Waals surface area contributed by atoms with E-state index < -0.39 is 0 Å². The van der Waals surface area contributed by atoms with Crippen molar-refractivity contribution >= 4 is 0 Å². The van der Waals surface area contributed by atoms with Crippen molar-refractivity contribution in [3.05, 3.63) is 0 Å². The van der Waals surface area contributed by atoms with Crippen molar-refractivity contribution in [2.45, 2.75) is 63.7 Å². The molecule has 0 aromatic heterocycles. The number of piperidine rings is 1. The van der Waals surface area contributed by atoms with Gasteiger partial charge in [0.1, 0.15) is 0 Å². The first-order valence-electron chi connectivity index (χ1n) is 5.99. The van der Waals surface area contributed by atoms with E-state index in [9.17, 15) is 0 Å². The summed E-state index contributed by atoms with van der Waals surface area (Å²) in [5.41, 5.74) is 0.480. The highest BCUT2D eigenvalue weighted by atomic mass is 16.5. The molecule has 0 aliphatic carbocycles. The Hall–Kier alpha value is -0.120. The molecule has 3 nitrogen and oxygen atoms in total. The zero-order valence-electron chi connectivity index (χ0n) is 10.4. The Bertz CT molecular complexity index is 218. The lowest BCUT2D eigenvalue weighted by atomic mass is 9.79. The summed E-state index contributed by atoms with van der Waals surface area (Å²) in [7, 11) is 0. The van der Waals surface area contributed by atoms with Crippen LogP contribution >= 0.6 is 0 Å². The maximum atomic E-state index is 5.20. The van der Waals surface area contributed by atoms with E-state index in [1.54, 1.807) is 0 Å². The summed E-state index contributed by atoms with van der Waals surface area (Å²) in [6.45, 7) is 11.0. The van der Waals surface area contributed by atoms with E-state index in [4.69, 9.17) is 4.74 Å². The minimum Gasteiger partial charge on any atom is -0.378 e. The highest BCUT2D eigenvalue weighted by Gasteiger charge is 2.38. The van der Waals surface area contributed by atoms with E-state index in [0.717, 1.165) is 13.2 Å². The van der Waals surface area contributed by atoms with Crippen LogP contribution in [0, 0.1) is 0 Å². The second-order valence-corrected chi connectivity index (χ2v) is 6.40. The van der Waals surface area contributed by atoms with Crippen molar-refractivity contribution in [3.63, 3.8) is 0 Å². The van der Waals surface area contributed by atoms with Crippen molar-refractivity contribution in [1.82, 2.24) is 10.6 Å². The smallest absolute Gasteiger partial charge is 0.0643 e. The molecule has 2 fully saturated rings.